The average molecular weight is 441 g/mol. The summed E-state index contributed by atoms with van der Waals surface area (Å²) in [5.41, 5.74) is 4.50. The maximum atomic E-state index is 13.5. The van der Waals surface area contributed by atoms with Gasteiger partial charge in [-0.15, -0.1) is 0 Å². The van der Waals surface area contributed by atoms with E-state index < -0.39 is 10.5 Å². The van der Waals surface area contributed by atoms with Crippen LogP contribution in [0.25, 0.3) is 6.08 Å². The molecule has 3 aromatic carbocycles. The molecule has 3 aromatic rings. The molecule has 1 unspecified atom stereocenters. The lowest BCUT2D eigenvalue weighted by Gasteiger charge is -2.51. The lowest BCUT2D eigenvalue weighted by atomic mass is 9.65. The summed E-state index contributed by atoms with van der Waals surface area (Å²) >= 11 is 0. The summed E-state index contributed by atoms with van der Waals surface area (Å²) in [6.45, 7) is 8.51. The number of carbonyl (C=O) groups is 1. The van der Waals surface area contributed by atoms with Crippen molar-refractivity contribution >= 4 is 23.4 Å². The zero-order valence-corrected chi connectivity index (χ0v) is 19.4. The molecule has 1 aliphatic heterocycles. The van der Waals surface area contributed by atoms with Gasteiger partial charge < -0.3 is 4.90 Å². The molecule has 0 saturated heterocycles. The van der Waals surface area contributed by atoms with E-state index in [4.69, 9.17) is 0 Å². The summed E-state index contributed by atoms with van der Waals surface area (Å²) in [6, 6.07) is 23.0. The van der Waals surface area contributed by atoms with Gasteiger partial charge in [0.2, 0.25) is 0 Å². The van der Waals surface area contributed by atoms with Crippen LogP contribution in [0.5, 0.6) is 0 Å². The predicted molar refractivity (Wildman–Crippen MR) is 132 cm³/mol. The molecule has 33 heavy (non-hydrogen) atoms. The Morgan fingerprint density at radius 3 is 2.30 bits per heavy atom. The Bertz CT molecular complexity index is 1230. The number of nitro groups is 1. The van der Waals surface area contributed by atoms with E-state index in [-0.39, 0.29) is 17.0 Å². The highest BCUT2D eigenvalue weighted by Crippen LogP contribution is 2.50. The van der Waals surface area contributed by atoms with E-state index in [2.05, 4.69) is 63.2 Å². The van der Waals surface area contributed by atoms with Gasteiger partial charge in [0.05, 0.1) is 4.92 Å². The number of hydrogen-bond donors (Lipinski definition) is 0. The largest absolute Gasteiger partial charge is 0.303 e. The zero-order valence-electron chi connectivity index (χ0n) is 19.4. The van der Waals surface area contributed by atoms with Crippen LogP contribution in [0.3, 0.4) is 0 Å². The molecule has 1 atom stereocenters. The molecule has 0 aliphatic carbocycles. The zero-order chi connectivity index (χ0) is 23.8. The van der Waals surface area contributed by atoms with E-state index in [1.54, 1.807) is 24.3 Å². The number of non-ortho nitro benzene ring substituents is 1. The van der Waals surface area contributed by atoms with Gasteiger partial charge in [-0.1, -0.05) is 49.4 Å². The second-order valence-electron chi connectivity index (χ2n) is 9.56. The van der Waals surface area contributed by atoms with Crippen molar-refractivity contribution in [2.24, 2.45) is 0 Å². The summed E-state index contributed by atoms with van der Waals surface area (Å²) in [5.74, 6) is -0.111. The number of fused-ring (bicyclic) bond motifs is 1. The van der Waals surface area contributed by atoms with Gasteiger partial charge in [0, 0.05) is 34.9 Å². The Hall–Kier alpha value is -3.73. The van der Waals surface area contributed by atoms with Gasteiger partial charge >= 0.3 is 0 Å². The highest BCUT2D eigenvalue weighted by molar-refractivity contribution is 6.06. The summed E-state index contributed by atoms with van der Waals surface area (Å²) < 4.78 is 0. The van der Waals surface area contributed by atoms with Crippen LogP contribution in [0.4, 0.5) is 11.4 Å². The van der Waals surface area contributed by atoms with E-state index in [0.29, 0.717) is 0 Å². The molecule has 5 heteroatoms. The maximum Gasteiger partial charge on any atom is 0.269 e. The highest BCUT2D eigenvalue weighted by atomic mass is 16.6. The van der Waals surface area contributed by atoms with Crippen LogP contribution in [0.2, 0.25) is 0 Å². The maximum absolute atomic E-state index is 13.5. The quantitative estimate of drug-likeness (QED) is 0.266. The molecular weight excluding hydrogens is 412 g/mol. The van der Waals surface area contributed by atoms with Gasteiger partial charge in [0.1, 0.15) is 0 Å². The third kappa shape index (κ3) is 4.19. The fourth-order valence-corrected chi connectivity index (χ4v) is 5.09. The smallest absolute Gasteiger partial charge is 0.269 e. The van der Waals surface area contributed by atoms with E-state index >= 15 is 0 Å². The number of rotatable bonds is 4. The first kappa shape index (κ1) is 22.5. The third-order valence-corrected chi connectivity index (χ3v) is 6.53. The van der Waals surface area contributed by atoms with E-state index in [1.807, 2.05) is 17.9 Å². The van der Waals surface area contributed by atoms with Crippen molar-refractivity contribution < 1.29 is 9.72 Å². The summed E-state index contributed by atoms with van der Waals surface area (Å²) in [6.07, 6.45) is 4.04. The van der Waals surface area contributed by atoms with Crippen LogP contribution in [0.15, 0.2) is 78.9 Å². The second kappa shape index (κ2) is 8.32. The summed E-state index contributed by atoms with van der Waals surface area (Å²) in [7, 11) is 0. The molecule has 0 spiro atoms. The van der Waals surface area contributed by atoms with E-state index in [0.717, 1.165) is 28.8 Å². The molecule has 1 heterocycles. The molecule has 0 aromatic heterocycles. The topological polar surface area (TPSA) is 63.5 Å². The van der Waals surface area contributed by atoms with Crippen LogP contribution in [0.1, 0.15) is 49.4 Å². The van der Waals surface area contributed by atoms with Crippen molar-refractivity contribution in [3.63, 3.8) is 0 Å². The van der Waals surface area contributed by atoms with Gasteiger partial charge in [-0.05, 0) is 73.7 Å². The molecule has 168 valence electrons. The fourth-order valence-electron chi connectivity index (χ4n) is 5.09. The number of amides is 1. The van der Waals surface area contributed by atoms with Gasteiger partial charge in [-0.2, -0.15) is 0 Å². The first-order chi connectivity index (χ1) is 15.6. The van der Waals surface area contributed by atoms with Gasteiger partial charge in [-0.25, -0.2) is 0 Å². The number of nitro benzene ring substituents is 1. The number of nitrogens with zero attached hydrogens (tertiary/aromatic N) is 2. The summed E-state index contributed by atoms with van der Waals surface area (Å²) in [5, 5.41) is 10.9. The van der Waals surface area contributed by atoms with Crippen molar-refractivity contribution in [2.75, 3.05) is 4.90 Å². The van der Waals surface area contributed by atoms with Crippen molar-refractivity contribution in [1.82, 2.24) is 0 Å². The number of hydrogen-bond acceptors (Lipinski definition) is 3. The molecule has 0 N–H and O–H groups in total. The van der Waals surface area contributed by atoms with Crippen LogP contribution >= 0.6 is 0 Å². The van der Waals surface area contributed by atoms with Gasteiger partial charge in [-0.3, -0.25) is 14.9 Å². The minimum absolute atomic E-state index is 0.0280. The van der Waals surface area contributed by atoms with Crippen LogP contribution < -0.4 is 4.90 Å². The Kier molecular flexibility index (Phi) is 5.66. The molecule has 0 bridgehead atoms. The molecule has 0 radical (unpaired) electrons. The second-order valence-corrected chi connectivity index (χ2v) is 9.56. The molecule has 1 aliphatic rings. The lowest BCUT2D eigenvalue weighted by molar-refractivity contribution is -0.384. The number of benzene rings is 3. The Labute approximate surface area is 194 Å². The molecule has 0 fully saturated rings. The molecule has 5 nitrogen and oxygen atoms in total. The van der Waals surface area contributed by atoms with E-state index in [9.17, 15) is 14.9 Å². The van der Waals surface area contributed by atoms with Gasteiger partial charge in [0.25, 0.3) is 11.6 Å². The Morgan fingerprint density at radius 2 is 1.67 bits per heavy atom. The minimum Gasteiger partial charge on any atom is -0.303 e. The number of carbonyl (C=O) groups excluding carboxylic acids is 1. The molecule has 0 saturated carbocycles. The predicted octanol–water partition coefficient (Wildman–Crippen LogP) is 6.44. The van der Waals surface area contributed by atoms with Gasteiger partial charge in [0.15, 0.2) is 0 Å². The third-order valence-electron chi connectivity index (χ3n) is 6.53. The van der Waals surface area contributed by atoms with Crippen molar-refractivity contribution in [1.29, 1.82) is 0 Å². The SMILES string of the molecule is Cc1ccc2c(c1)N(C(=O)/C=C/c1ccc([N+](=O)[O-])cc1)C(C)(C)CC2(C)c1ccccc1. The monoisotopic (exact) mass is 440 g/mol. The van der Waals surface area contributed by atoms with Crippen molar-refractivity contribution in [3.8, 4) is 0 Å². The molecule has 4 rings (SSSR count). The van der Waals surface area contributed by atoms with E-state index in [1.165, 1.54) is 17.7 Å². The molecule has 1 amide bonds. The fraction of sp³-hybridized carbons (Fsp3) is 0.250. The normalized spacial score (nSPS) is 19.3. The Balaban J connectivity index is 1.74. The summed E-state index contributed by atoms with van der Waals surface area (Å²) in [4.78, 5) is 25.9. The number of anilines is 1. The van der Waals surface area contributed by atoms with Crippen LogP contribution in [0, 0.1) is 17.0 Å². The van der Waals surface area contributed by atoms with Crippen molar-refractivity contribution in [2.45, 2.75) is 45.1 Å². The highest BCUT2D eigenvalue weighted by Gasteiger charge is 2.47. The number of aryl methyl sites for hydroxylation is 1. The average Bonchev–Trinajstić information content (AvgIpc) is 2.77. The Morgan fingerprint density at radius 1 is 1.00 bits per heavy atom. The standard InChI is InChI=1S/C28H28N2O3/c1-20-10-16-24-25(18-20)29(26(31)17-13-21-11-14-23(15-12-21)30(32)33)27(2,3)19-28(24,4)22-8-6-5-7-9-22/h5-18H,19H2,1-4H3/b17-13+. The first-order valence-corrected chi connectivity index (χ1v) is 11.1. The minimum atomic E-state index is -0.433. The van der Waals surface area contributed by atoms with Crippen LogP contribution in [-0.4, -0.2) is 16.4 Å². The first-order valence-electron chi connectivity index (χ1n) is 11.1. The van der Waals surface area contributed by atoms with Crippen LogP contribution in [-0.2, 0) is 10.2 Å². The molecular formula is C28H28N2O3. The lowest BCUT2D eigenvalue weighted by Crippen LogP contribution is -2.55. The van der Waals surface area contributed by atoms with Crippen molar-refractivity contribution in [3.05, 3.63) is 111 Å².